The summed E-state index contributed by atoms with van der Waals surface area (Å²) in [7, 11) is 0. The second-order valence-corrected chi connectivity index (χ2v) is 6.27. The van der Waals surface area contributed by atoms with E-state index in [0.717, 1.165) is 5.56 Å². The Morgan fingerprint density at radius 3 is 2.50 bits per heavy atom. The summed E-state index contributed by atoms with van der Waals surface area (Å²) in [4.78, 5) is 26.2. The summed E-state index contributed by atoms with van der Waals surface area (Å²) in [5.41, 5.74) is 0.422. The minimum atomic E-state index is -0.501. The first-order valence-electron chi connectivity index (χ1n) is 7.61. The van der Waals surface area contributed by atoms with E-state index in [2.05, 4.69) is 15.0 Å². The molecule has 0 radical (unpaired) electrons. The number of hydrogen-bond donors (Lipinski definition) is 1. The molecule has 1 aromatic heterocycles. The van der Waals surface area contributed by atoms with Crippen LogP contribution in [0.1, 0.15) is 26.3 Å². The maximum Gasteiger partial charge on any atom is 0.247 e. The lowest BCUT2D eigenvalue weighted by Crippen LogP contribution is -2.48. The van der Waals surface area contributed by atoms with Crippen molar-refractivity contribution in [3.63, 3.8) is 0 Å². The van der Waals surface area contributed by atoms with E-state index in [0.29, 0.717) is 5.82 Å². The number of rotatable bonds is 5. The van der Waals surface area contributed by atoms with Crippen LogP contribution in [0.4, 0.5) is 5.82 Å². The van der Waals surface area contributed by atoms with Gasteiger partial charge in [0.15, 0.2) is 5.82 Å². The molecule has 0 aliphatic carbocycles. The lowest BCUT2D eigenvalue weighted by Gasteiger charge is -2.34. The fraction of sp³-hybridized carbons (Fsp3) is 0.278. The predicted octanol–water partition coefficient (Wildman–Crippen LogP) is 2.95. The molecule has 0 saturated carbocycles. The van der Waals surface area contributed by atoms with Crippen LogP contribution in [0.5, 0.6) is 0 Å². The van der Waals surface area contributed by atoms with Crippen molar-refractivity contribution in [1.29, 1.82) is 0 Å². The summed E-state index contributed by atoms with van der Waals surface area (Å²) in [6.45, 7) is 5.56. The van der Waals surface area contributed by atoms with Crippen molar-refractivity contribution in [3.8, 4) is 0 Å². The van der Waals surface area contributed by atoms with Crippen LogP contribution in [-0.2, 0) is 9.59 Å². The number of carbonyl (C=O) groups is 2. The Bertz CT molecular complexity index is 701. The molecule has 0 bridgehead atoms. The highest BCUT2D eigenvalue weighted by atomic mass is 16.5. The van der Waals surface area contributed by atoms with Gasteiger partial charge in [-0.05, 0) is 32.4 Å². The highest BCUT2D eigenvalue weighted by Gasteiger charge is 2.27. The number of benzene rings is 1. The van der Waals surface area contributed by atoms with E-state index in [1.54, 1.807) is 6.08 Å². The first-order chi connectivity index (χ1) is 11.4. The molecule has 2 aromatic rings. The van der Waals surface area contributed by atoms with Crippen molar-refractivity contribution in [1.82, 2.24) is 10.1 Å². The number of aromatic nitrogens is 1. The van der Waals surface area contributed by atoms with Gasteiger partial charge in [-0.2, -0.15) is 0 Å². The Hall–Kier alpha value is -2.89. The SMILES string of the molecule is CC(C)(C)N(CC(=O)Nc1ccon1)C(=O)/C=C/c1ccccc1. The van der Waals surface area contributed by atoms with Gasteiger partial charge in [-0.1, -0.05) is 35.5 Å². The van der Waals surface area contributed by atoms with E-state index in [-0.39, 0.29) is 18.4 Å². The first kappa shape index (κ1) is 17.5. The van der Waals surface area contributed by atoms with E-state index in [1.165, 1.54) is 23.3 Å². The van der Waals surface area contributed by atoms with Crippen LogP contribution in [0, 0.1) is 0 Å². The molecule has 126 valence electrons. The number of carbonyl (C=O) groups excluding carboxylic acids is 2. The number of nitrogens with one attached hydrogen (secondary N) is 1. The lowest BCUT2D eigenvalue weighted by atomic mass is 10.1. The number of anilines is 1. The smallest absolute Gasteiger partial charge is 0.247 e. The van der Waals surface area contributed by atoms with Gasteiger partial charge in [0, 0.05) is 17.7 Å². The van der Waals surface area contributed by atoms with Gasteiger partial charge in [-0.25, -0.2) is 0 Å². The highest BCUT2D eigenvalue weighted by molar-refractivity contribution is 5.98. The molecule has 24 heavy (non-hydrogen) atoms. The van der Waals surface area contributed by atoms with Gasteiger partial charge in [-0.15, -0.1) is 0 Å². The van der Waals surface area contributed by atoms with Crippen LogP contribution in [0.25, 0.3) is 6.08 Å². The molecule has 6 heteroatoms. The fourth-order valence-corrected chi connectivity index (χ4v) is 2.07. The van der Waals surface area contributed by atoms with Gasteiger partial charge in [0.1, 0.15) is 12.8 Å². The topological polar surface area (TPSA) is 75.4 Å². The molecule has 1 aromatic carbocycles. The molecule has 2 amide bonds. The summed E-state index contributed by atoms with van der Waals surface area (Å²) in [5, 5.41) is 6.21. The average molecular weight is 327 g/mol. The molecule has 1 heterocycles. The number of hydrogen-bond acceptors (Lipinski definition) is 4. The molecule has 0 fully saturated rings. The first-order valence-corrected chi connectivity index (χ1v) is 7.61. The Morgan fingerprint density at radius 1 is 1.21 bits per heavy atom. The second kappa shape index (κ2) is 7.59. The van der Waals surface area contributed by atoms with E-state index in [9.17, 15) is 9.59 Å². The third-order valence-electron chi connectivity index (χ3n) is 3.30. The lowest BCUT2D eigenvalue weighted by molar-refractivity contribution is -0.135. The van der Waals surface area contributed by atoms with Crippen LogP contribution >= 0.6 is 0 Å². The van der Waals surface area contributed by atoms with Gasteiger partial charge >= 0.3 is 0 Å². The average Bonchev–Trinajstić information content (AvgIpc) is 3.03. The van der Waals surface area contributed by atoms with Gasteiger partial charge < -0.3 is 14.7 Å². The molecule has 0 aliphatic heterocycles. The van der Waals surface area contributed by atoms with Crippen LogP contribution in [-0.4, -0.2) is 34.0 Å². The van der Waals surface area contributed by atoms with Gasteiger partial charge in [0.2, 0.25) is 11.8 Å². The summed E-state index contributed by atoms with van der Waals surface area (Å²) < 4.78 is 4.67. The van der Waals surface area contributed by atoms with Crippen molar-refractivity contribution in [2.24, 2.45) is 0 Å². The van der Waals surface area contributed by atoms with Crippen LogP contribution in [0.15, 0.2) is 53.3 Å². The molecule has 1 N–H and O–H groups in total. The Balaban J connectivity index is 2.06. The van der Waals surface area contributed by atoms with Crippen molar-refractivity contribution in [3.05, 3.63) is 54.3 Å². The molecule has 0 unspecified atom stereocenters. The van der Waals surface area contributed by atoms with Crippen LogP contribution < -0.4 is 5.32 Å². The minimum Gasteiger partial charge on any atom is -0.363 e. The maximum atomic E-state index is 12.5. The van der Waals surface area contributed by atoms with Gasteiger partial charge in [-0.3, -0.25) is 9.59 Å². The standard InChI is InChI=1S/C18H21N3O3/c1-18(2,3)21(13-16(22)19-15-11-12-24-20-15)17(23)10-9-14-7-5-4-6-8-14/h4-12H,13H2,1-3H3,(H,19,20,22)/b10-9+. The molecular weight excluding hydrogens is 306 g/mol. The zero-order valence-corrected chi connectivity index (χ0v) is 14.0. The second-order valence-electron chi connectivity index (χ2n) is 6.27. The molecule has 0 aliphatic rings. The van der Waals surface area contributed by atoms with Gasteiger partial charge in [0.25, 0.3) is 0 Å². The molecule has 2 rings (SSSR count). The molecule has 0 spiro atoms. The molecular formula is C18H21N3O3. The molecule has 6 nitrogen and oxygen atoms in total. The zero-order chi connectivity index (χ0) is 17.6. The third kappa shape index (κ3) is 5.08. The van der Waals surface area contributed by atoms with E-state index in [4.69, 9.17) is 0 Å². The van der Waals surface area contributed by atoms with Crippen LogP contribution in [0.3, 0.4) is 0 Å². The third-order valence-corrected chi connectivity index (χ3v) is 3.30. The van der Waals surface area contributed by atoms with Crippen molar-refractivity contribution in [2.45, 2.75) is 26.3 Å². The Morgan fingerprint density at radius 2 is 1.92 bits per heavy atom. The Labute approximate surface area is 141 Å². The summed E-state index contributed by atoms with van der Waals surface area (Å²) in [6, 6.07) is 11.1. The summed E-state index contributed by atoms with van der Waals surface area (Å²) in [5.74, 6) is -0.247. The number of nitrogens with zero attached hydrogens (tertiary/aromatic N) is 2. The monoisotopic (exact) mass is 327 g/mol. The van der Waals surface area contributed by atoms with Gasteiger partial charge in [0.05, 0.1) is 0 Å². The summed E-state index contributed by atoms with van der Waals surface area (Å²) in [6.07, 6.45) is 4.57. The van der Waals surface area contributed by atoms with E-state index < -0.39 is 5.54 Å². The highest BCUT2D eigenvalue weighted by Crippen LogP contribution is 2.15. The predicted molar refractivity (Wildman–Crippen MR) is 92.1 cm³/mol. The van der Waals surface area contributed by atoms with Crippen LogP contribution in [0.2, 0.25) is 0 Å². The van der Waals surface area contributed by atoms with E-state index in [1.807, 2.05) is 51.1 Å². The quantitative estimate of drug-likeness (QED) is 0.857. The molecule has 0 atom stereocenters. The largest absolute Gasteiger partial charge is 0.363 e. The summed E-state index contributed by atoms with van der Waals surface area (Å²) >= 11 is 0. The van der Waals surface area contributed by atoms with Crippen molar-refractivity contribution in [2.75, 3.05) is 11.9 Å². The van der Waals surface area contributed by atoms with E-state index >= 15 is 0 Å². The molecule has 0 saturated heterocycles. The minimum absolute atomic E-state index is 0.0751. The zero-order valence-electron chi connectivity index (χ0n) is 14.0. The normalized spacial score (nSPS) is 11.5. The van der Waals surface area contributed by atoms with Crippen molar-refractivity contribution < 1.29 is 14.1 Å². The Kier molecular flexibility index (Phi) is 5.52. The fourth-order valence-electron chi connectivity index (χ4n) is 2.07. The maximum absolute atomic E-state index is 12.5. The number of amides is 2. The van der Waals surface area contributed by atoms with Crippen molar-refractivity contribution >= 4 is 23.7 Å².